The van der Waals surface area contributed by atoms with Gasteiger partial charge in [-0.25, -0.2) is 4.39 Å². The molecule has 0 fully saturated rings. The first kappa shape index (κ1) is 18.1. The molecule has 1 heterocycles. The van der Waals surface area contributed by atoms with Gasteiger partial charge in [0.05, 0.1) is 5.57 Å². The molecule has 0 aliphatic rings. The topological polar surface area (TPSA) is 53.2 Å². The van der Waals surface area contributed by atoms with Crippen molar-refractivity contribution in [2.24, 2.45) is 0 Å². The van der Waals surface area contributed by atoms with Gasteiger partial charge in [0.2, 0.25) is 0 Å². The summed E-state index contributed by atoms with van der Waals surface area (Å²) in [6, 6.07) is 9.83. The van der Waals surface area contributed by atoms with E-state index in [1.54, 1.807) is 18.2 Å². The zero-order valence-electron chi connectivity index (χ0n) is 13.3. The first-order chi connectivity index (χ1) is 11.5. The molecule has 2 aromatic rings. The van der Waals surface area contributed by atoms with E-state index in [4.69, 9.17) is 12.2 Å². The summed E-state index contributed by atoms with van der Waals surface area (Å²) in [6.45, 7) is 3.89. The second kappa shape index (κ2) is 8.56. The van der Waals surface area contributed by atoms with E-state index < -0.39 is 0 Å². The number of thiophene rings is 1. The van der Waals surface area contributed by atoms with Crippen molar-refractivity contribution in [3.05, 3.63) is 58.0 Å². The highest BCUT2D eigenvalue weighted by atomic mass is 32.1. The van der Waals surface area contributed by atoms with E-state index in [2.05, 4.69) is 16.2 Å². The highest BCUT2D eigenvalue weighted by Crippen LogP contribution is 2.23. The van der Waals surface area contributed by atoms with Crippen molar-refractivity contribution in [3.8, 4) is 0 Å². The van der Waals surface area contributed by atoms with Gasteiger partial charge in [0, 0.05) is 10.9 Å². The van der Waals surface area contributed by atoms with Crippen molar-refractivity contribution in [2.45, 2.75) is 19.9 Å². The van der Waals surface area contributed by atoms with Crippen LogP contribution in [-0.4, -0.2) is 17.1 Å². The molecule has 1 aromatic carbocycles. The molecule has 3 N–H and O–H groups in total. The predicted molar refractivity (Wildman–Crippen MR) is 101 cm³/mol. The number of hydrazine groups is 1. The number of amides is 1. The smallest absolute Gasteiger partial charge is 0.271 e. The summed E-state index contributed by atoms with van der Waals surface area (Å²) in [6.07, 6.45) is 1.71. The number of thiocarbonyl (C=S) groups is 1. The van der Waals surface area contributed by atoms with Gasteiger partial charge in [0.1, 0.15) is 5.82 Å². The van der Waals surface area contributed by atoms with Crippen LogP contribution in [0.15, 0.2) is 41.8 Å². The molecule has 0 saturated carbocycles. The largest absolute Gasteiger partial charge is 0.359 e. The molecular formula is C17H18FN3OS2. The van der Waals surface area contributed by atoms with Crippen molar-refractivity contribution < 1.29 is 9.18 Å². The fraction of sp³-hybridized carbons (Fsp3) is 0.176. The van der Waals surface area contributed by atoms with E-state index in [0.717, 1.165) is 10.4 Å². The zero-order chi connectivity index (χ0) is 17.5. The molecule has 0 saturated heterocycles. The van der Waals surface area contributed by atoms with Crippen LogP contribution in [0.3, 0.4) is 0 Å². The van der Waals surface area contributed by atoms with Gasteiger partial charge in [-0.15, -0.1) is 11.3 Å². The quantitative estimate of drug-likeness (QED) is 0.443. The van der Waals surface area contributed by atoms with E-state index >= 15 is 0 Å². The first-order valence-electron chi connectivity index (χ1n) is 7.33. The van der Waals surface area contributed by atoms with E-state index in [9.17, 15) is 9.18 Å². The normalized spacial score (nSPS) is 11.2. The van der Waals surface area contributed by atoms with Crippen LogP contribution in [0.5, 0.6) is 0 Å². The monoisotopic (exact) mass is 363 g/mol. The minimum Gasteiger partial charge on any atom is -0.359 e. The molecule has 1 aromatic heterocycles. The van der Waals surface area contributed by atoms with Crippen LogP contribution in [0.2, 0.25) is 0 Å². The van der Waals surface area contributed by atoms with Gasteiger partial charge in [0.25, 0.3) is 5.91 Å². The minimum atomic E-state index is -0.324. The Labute approximate surface area is 149 Å². The fourth-order valence-electron chi connectivity index (χ4n) is 1.89. The first-order valence-corrected chi connectivity index (χ1v) is 8.62. The number of hydrogen-bond donors (Lipinski definition) is 3. The number of carbonyl (C=O) groups excluding carboxylic acids is 1. The molecule has 4 nitrogen and oxygen atoms in total. The van der Waals surface area contributed by atoms with Gasteiger partial charge in [-0.1, -0.05) is 18.2 Å². The predicted octanol–water partition coefficient (Wildman–Crippen LogP) is 3.33. The second-order valence-corrected chi connectivity index (χ2v) is 6.65. The Bertz CT molecular complexity index is 725. The molecule has 126 valence electrons. The van der Waals surface area contributed by atoms with Gasteiger partial charge in [-0.05, 0) is 61.3 Å². The zero-order valence-corrected chi connectivity index (χ0v) is 14.9. The van der Waals surface area contributed by atoms with Crippen LogP contribution in [0.4, 0.5) is 4.39 Å². The molecule has 0 aliphatic carbocycles. The van der Waals surface area contributed by atoms with Crippen molar-refractivity contribution in [1.29, 1.82) is 0 Å². The minimum absolute atomic E-state index is 0.161. The van der Waals surface area contributed by atoms with Crippen LogP contribution < -0.4 is 16.2 Å². The van der Waals surface area contributed by atoms with Gasteiger partial charge < -0.3 is 5.32 Å². The van der Waals surface area contributed by atoms with Gasteiger partial charge in [-0.3, -0.25) is 15.6 Å². The molecule has 2 rings (SSSR count). The summed E-state index contributed by atoms with van der Waals surface area (Å²) < 4.78 is 13.0. The molecule has 7 heteroatoms. The summed E-state index contributed by atoms with van der Waals surface area (Å²) >= 11 is 6.53. The molecule has 0 atom stereocenters. The Balaban J connectivity index is 2.16. The van der Waals surface area contributed by atoms with E-state index in [0.29, 0.717) is 10.7 Å². The number of carbonyl (C=O) groups is 1. The number of halogens is 1. The Morgan fingerprint density at radius 3 is 2.50 bits per heavy atom. The maximum absolute atomic E-state index is 13.0. The molecular weight excluding hydrogens is 345 g/mol. The van der Waals surface area contributed by atoms with Crippen molar-refractivity contribution in [2.75, 3.05) is 0 Å². The lowest BCUT2D eigenvalue weighted by Crippen LogP contribution is -2.48. The number of rotatable bonds is 4. The van der Waals surface area contributed by atoms with Crippen LogP contribution in [0.1, 0.15) is 24.3 Å². The average molecular weight is 363 g/mol. The number of nitrogens with one attached hydrogen (secondary N) is 3. The van der Waals surface area contributed by atoms with E-state index in [1.807, 2.05) is 31.4 Å². The highest BCUT2D eigenvalue weighted by Gasteiger charge is 2.13. The van der Waals surface area contributed by atoms with Crippen LogP contribution in [-0.2, 0) is 4.79 Å². The third-order valence-electron chi connectivity index (χ3n) is 2.92. The van der Waals surface area contributed by atoms with Gasteiger partial charge >= 0.3 is 0 Å². The molecule has 0 radical (unpaired) electrons. The summed E-state index contributed by atoms with van der Waals surface area (Å²) in [5.41, 5.74) is 6.46. The van der Waals surface area contributed by atoms with Crippen LogP contribution in [0, 0.1) is 5.82 Å². The molecule has 0 bridgehead atoms. The fourth-order valence-corrected chi connectivity index (χ4v) is 2.91. The lowest BCUT2D eigenvalue weighted by Gasteiger charge is -2.14. The van der Waals surface area contributed by atoms with Gasteiger partial charge in [0.15, 0.2) is 5.11 Å². The third-order valence-corrected chi connectivity index (χ3v) is 4.04. The lowest BCUT2D eigenvalue weighted by molar-refractivity contribution is -0.116. The van der Waals surface area contributed by atoms with Crippen molar-refractivity contribution in [3.63, 3.8) is 0 Å². The van der Waals surface area contributed by atoms with Crippen LogP contribution in [0.25, 0.3) is 11.6 Å². The maximum Gasteiger partial charge on any atom is 0.271 e. The number of hydrogen-bond acceptors (Lipinski definition) is 3. The summed E-state index contributed by atoms with van der Waals surface area (Å²) in [7, 11) is 0. The summed E-state index contributed by atoms with van der Waals surface area (Å²) in [5, 5.41) is 5.20. The van der Waals surface area contributed by atoms with Crippen LogP contribution >= 0.6 is 23.6 Å². The maximum atomic E-state index is 13.0. The van der Waals surface area contributed by atoms with Gasteiger partial charge in [-0.2, -0.15) is 0 Å². The summed E-state index contributed by atoms with van der Waals surface area (Å²) in [4.78, 5) is 13.3. The number of benzene rings is 1. The van der Waals surface area contributed by atoms with E-state index in [1.165, 1.54) is 23.5 Å². The molecule has 24 heavy (non-hydrogen) atoms. The molecule has 0 aliphatic heterocycles. The second-order valence-electron chi connectivity index (χ2n) is 5.29. The standard InChI is InChI=1S/C17H18FN3OS2/c1-11(2)19-17(23)21-20-16(22)14(15-4-3-9-24-15)10-12-5-7-13(18)8-6-12/h3-11H,1-2H3,(H,20,22)(H2,19,21,23)/b14-10+. The summed E-state index contributed by atoms with van der Waals surface area (Å²) in [5.74, 6) is -0.643. The molecule has 0 unspecified atom stereocenters. The molecule has 1 amide bonds. The van der Waals surface area contributed by atoms with Crippen molar-refractivity contribution in [1.82, 2.24) is 16.2 Å². The van der Waals surface area contributed by atoms with E-state index in [-0.39, 0.29) is 17.8 Å². The Hall–Kier alpha value is -2.25. The Kier molecular flexibility index (Phi) is 6.45. The SMILES string of the molecule is CC(C)NC(=S)NNC(=O)/C(=C/c1ccc(F)cc1)c1cccs1. The third kappa shape index (κ3) is 5.43. The lowest BCUT2D eigenvalue weighted by atomic mass is 10.1. The average Bonchev–Trinajstić information content (AvgIpc) is 3.05. The Morgan fingerprint density at radius 2 is 1.92 bits per heavy atom. The Morgan fingerprint density at radius 1 is 1.21 bits per heavy atom. The van der Waals surface area contributed by atoms with Crippen molar-refractivity contribution >= 4 is 46.2 Å². The highest BCUT2D eigenvalue weighted by molar-refractivity contribution is 7.80. The molecule has 0 spiro atoms.